The molecule has 0 aromatic heterocycles. The number of Topliss-reactive ketones (excluding diaryl/α,β-unsaturated/α-hetero) is 1. The van der Waals surface area contributed by atoms with Gasteiger partial charge in [0.1, 0.15) is 12.4 Å². The molecule has 0 saturated heterocycles. The number of carbonyl (C=O) groups is 2. The molecule has 7 heteroatoms. The third-order valence-corrected chi connectivity index (χ3v) is 4.97. The molecule has 2 aromatic rings. The highest BCUT2D eigenvalue weighted by Gasteiger charge is 2.37. The van der Waals surface area contributed by atoms with E-state index in [9.17, 15) is 9.59 Å². The lowest BCUT2D eigenvalue weighted by Crippen LogP contribution is -2.33. The van der Waals surface area contributed by atoms with Crippen LogP contribution in [0.2, 0.25) is 0 Å². The van der Waals surface area contributed by atoms with E-state index in [-0.39, 0.29) is 0 Å². The van der Waals surface area contributed by atoms with Gasteiger partial charge >= 0.3 is 0 Å². The maximum atomic E-state index is 12.2. The minimum absolute atomic E-state index is 0.294. The summed E-state index contributed by atoms with van der Waals surface area (Å²) >= 11 is 10.1. The Morgan fingerprint density at radius 1 is 0.957 bits per heavy atom. The first-order valence-corrected chi connectivity index (χ1v) is 9.09. The van der Waals surface area contributed by atoms with Gasteiger partial charge in [-0.3, -0.25) is 9.59 Å². The largest absolute Gasteiger partial charge is 0.492 e. The second-order valence-electron chi connectivity index (χ2n) is 4.87. The lowest BCUT2D eigenvalue weighted by molar-refractivity contribution is -0.114. The Balaban J connectivity index is 1.75. The number of hydrogen-bond acceptors (Lipinski definition) is 3. The first-order chi connectivity index (χ1) is 11.0. The molecule has 0 spiro atoms. The Morgan fingerprint density at radius 2 is 1.65 bits per heavy atom. The summed E-state index contributed by atoms with van der Waals surface area (Å²) < 4.78 is 8.05. The Kier molecular flexibility index (Phi) is 4.89. The van der Waals surface area contributed by atoms with Crippen molar-refractivity contribution in [3.63, 3.8) is 0 Å². The molecule has 0 fully saturated rings. The van der Waals surface area contributed by atoms with Crippen LogP contribution in [0.25, 0.3) is 0 Å². The van der Waals surface area contributed by atoms with E-state index in [1.54, 1.807) is 6.07 Å². The number of ether oxygens (including phenoxy) is 1. The average molecular weight is 504 g/mol. The summed E-state index contributed by atoms with van der Waals surface area (Å²) in [7, 11) is 0. The van der Waals surface area contributed by atoms with Crippen molar-refractivity contribution < 1.29 is 14.3 Å². The third kappa shape index (κ3) is 3.36. The fraction of sp³-hybridized carbons (Fsp3) is 0.125. The van der Waals surface area contributed by atoms with Crippen LogP contribution in [0.15, 0.2) is 49.8 Å². The van der Waals surface area contributed by atoms with E-state index in [0.717, 1.165) is 8.95 Å². The fourth-order valence-corrected chi connectivity index (χ4v) is 4.06. The van der Waals surface area contributed by atoms with Crippen molar-refractivity contribution in [2.75, 3.05) is 18.1 Å². The number of fused-ring (bicyclic) bond motifs is 1. The number of anilines is 1. The van der Waals surface area contributed by atoms with Crippen molar-refractivity contribution >= 4 is 65.2 Å². The van der Waals surface area contributed by atoms with Crippen LogP contribution in [-0.4, -0.2) is 24.8 Å². The van der Waals surface area contributed by atoms with Crippen molar-refractivity contribution in [1.29, 1.82) is 0 Å². The van der Waals surface area contributed by atoms with E-state index < -0.39 is 11.7 Å². The molecule has 0 N–H and O–H groups in total. The third-order valence-electron chi connectivity index (χ3n) is 3.38. The van der Waals surface area contributed by atoms with Crippen LogP contribution >= 0.6 is 47.8 Å². The number of ketones is 1. The summed E-state index contributed by atoms with van der Waals surface area (Å²) in [6, 6.07) is 10.9. The molecule has 0 bridgehead atoms. The molecule has 0 unspecified atom stereocenters. The SMILES string of the molecule is O=C1C(=O)N(CCOc2ccc(Br)cc2)c2c(Br)cc(Br)cc21. The van der Waals surface area contributed by atoms with E-state index >= 15 is 0 Å². The fourth-order valence-electron chi connectivity index (χ4n) is 2.35. The van der Waals surface area contributed by atoms with E-state index in [1.807, 2.05) is 30.3 Å². The summed E-state index contributed by atoms with van der Waals surface area (Å²) in [6.45, 7) is 0.594. The summed E-state index contributed by atoms with van der Waals surface area (Å²) in [5.74, 6) is -0.315. The molecule has 2 aromatic carbocycles. The van der Waals surface area contributed by atoms with Gasteiger partial charge in [0, 0.05) is 13.4 Å². The Hall–Kier alpha value is -1.18. The van der Waals surface area contributed by atoms with Gasteiger partial charge in [0.25, 0.3) is 11.7 Å². The molecule has 4 nitrogen and oxygen atoms in total. The van der Waals surface area contributed by atoms with Crippen LogP contribution in [0.5, 0.6) is 5.75 Å². The molecule has 0 aliphatic carbocycles. The van der Waals surface area contributed by atoms with Gasteiger partial charge in [0.05, 0.1) is 17.8 Å². The molecule has 1 amide bonds. The molecular formula is C16H10Br3NO3. The zero-order chi connectivity index (χ0) is 16.6. The van der Waals surface area contributed by atoms with Gasteiger partial charge in [-0.15, -0.1) is 0 Å². The van der Waals surface area contributed by atoms with Crippen molar-refractivity contribution in [2.24, 2.45) is 0 Å². The summed E-state index contributed by atoms with van der Waals surface area (Å²) in [5, 5.41) is 0. The topological polar surface area (TPSA) is 46.6 Å². The second kappa shape index (κ2) is 6.75. The smallest absolute Gasteiger partial charge is 0.299 e. The molecule has 1 aliphatic heterocycles. The van der Waals surface area contributed by atoms with E-state index in [0.29, 0.717) is 34.6 Å². The number of hydrogen-bond donors (Lipinski definition) is 0. The minimum Gasteiger partial charge on any atom is -0.492 e. The van der Waals surface area contributed by atoms with Crippen LogP contribution in [0, 0.1) is 0 Å². The van der Waals surface area contributed by atoms with Crippen LogP contribution in [0.4, 0.5) is 5.69 Å². The quantitative estimate of drug-likeness (QED) is 0.574. The molecule has 1 aliphatic rings. The number of carbonyl (C=O) groups excluding carboxylic acids is 2. The summed E-state index contributed by atoms with van der Waals surface area (Å²) in [6.07, 6.45) is 0. The zero-order valence-electron chi connectivity index (χ0n) is 11.7. The maximum Gasteiger partial charge on any atom is 0.299 e. The molecule has 0 radical (unpaired) electrons. The van der Waals surface area contributed by atoms with Gasteiger partial charge in [-0.2, -0.15) is 0 Å². The van der Waals surface area contributed by atoms with Crippen LogP contribution in [-0.2, 0) is 4.79 Å². The molecule has 1 heterocycles. The average Bonchev–Trinajstić information content (AvgIpc) is 2.74. The number of nitrogens with zero attached hydrogens (tertiary/aromatic N) is 1. The van der Waals surface area contributed by atoms with Gasteiger partial charge in [-0.05, 0) is 52.3 Å². The first-order valence-electron chi connectivity index (χ1n) is 6.71. The van der Waals surface area contributed by atoms with Gasteiger partial charge < -0.3 is 9.64 Å². The van der Waals surface area contributed by atoms with Crippen LogP contribution in [0.3, 0.4) is 0 Å². The monoisotopic (exact) mass is 501 g/mol. The normalized spacial score (nSPS) is 13.4. The summed E-state index contributed by atoms with van der Waals surface area (Å²) in [4.78, 5) is 25.7. The lowest BCUT2D eigenvalue weighted by Gasteiger charge is -2.18. The molecular weight excluding hydrogens is 494 g/mol. The van der Waals surface area contributed by atoms with Crippen LogP contribution in [0.1, 0.15) is 10.4 Å². The highest BCUT2D eigenvalue weighted by molar-refractivity contribution is 9.11. The van der Waals surface area contributed by atoms with Gasteiger partial charge in [-0.25, -0.2) is 0 Å². The predicted octanol–water partition coefficient (Wildman–Crippen LogP) is 4.58. The van der Waals surface area contributed by atoms with Crippen molar-refractivity contribution in [1.82, 2.24) is 0 Å². The first kappa shape index (κ1) is 16.7. The molecule has 23 heavy (non-hydrogen) atoms. The maximum absolute atomic E-state index is 12.2. The van der Waals surface area contributed by atoms with Crippen molar-refractivity contribution in [3.8, 4) is 5.75 Å². The Labute approximate surface area is 158 Å². The number of amides is 1. The van der Waals surface area contributed by atoms with Crippen molar-refractivity contribution in [3.05, 3.63) is 55.4 Å². The van der Waals surface area contributed by atoms with E-state index in [2.05, 4.69) is 47.8 Å². The molecule has 3 rings (SSSR count). The number of benzene rings is 2. The van der Waals surface area contributed by atoms with Gasteiger partial charge in [0.15, 0.2) is 0 Å². The highest BCUT2D eigenvalue weighted by atomic mass is 79.9. The Bertz CT molecular complexity index is 790. The van der Waals surface area contributed by atoms with Crippen LogP contribution < -0.4 is 9.64 Å². The molecule has 0 atom stereocenters. The number of halogens is 3. The van der Waals surface area contributed by atoms with Crippen molar-refractivity contribution in [2.45, 2.75) is 0 Å². The van der Waals surface area contributed by atoms with E-state index in [4.69, 9.17) is 4.74 Å². The highest BCUT2D eigenvalue weighted by Crippen LogP contribution is 2.38. The lowest BCUT2D eigenvalue weighted by atomic mass is 10.1. The summed E-state index contributed by atoms with van der Waals surface area (Å²) in [5.41, 5.74) is 1.00. The second-order valence-corrected chi connectivity index (χ2v) is 7.56. The van der Waals surface area contributed by atoms with Gasteiger partial charge in [0.2, 0.25) is 0 Å². The Morgan fingerprint density at radius 3 is 2.35 bits per heavy atom. The standard InChI is InChI=1S/C16H10Br3NO3/c17-9-1-3-11(4-2-9)23-6-5-20-14-12(15(21)16(20)22)7-10(18)8-13(14)19/h1-4,7-8H,5-6H2. The zero-order valence-corrected chi connectivity index (χ0v) is 16.4. The van der Waals surface area contributed by atoms with E-state index in [1.165, 1.54) is 4.90 Å². The minimum atomic E-state index is -0.529. The van der Waals surface area contributed by atoms with Gasteiger partial charge in [-0.1, -0.05) is 31.9 Å². The predicted molar refractivity (Wildman–Crippen MR) is 98.2 cm³/mol. The molecule has 0 saturated carbocycles. The number of rotatable bonds is 4. The molecule has 118 valence electrons.